The SMILES string of the molecule is COCCNC(=O)c1ccccc1NC(=O)c1cccc(OCCOc2ccccc2)c1. The molecule has 3 rings (SSSR count). The number of nitrogens with one attached hydrogen (secondary N) is 2. The van der Waals surface area contributed by atoms with Gasteiger partial charge < -0.3 is 24.8 Å². The number of anilines is 1. The molecule has 0 heterocycles. The van der Waals surface area contributed by atoms with Gasteiger partial charge in [-0.25, -0.2) is 0 Å². The Morgan fingerprint density at radius 3 is 2.22 bits per heavy atom. The Balaban J connectivity index is 1.57. The number of carbonyl (C=O) groups is 2. The molecule has 7 heteroatoms. The fourth-order valence-corrected chi connectivity index (χ4v) is 2.91. The first-order valence-electron chi connectivity index (χ1n) is 10.3. The number of amides is 2. The molecule has 3 aromatic rings. The normalized spacial score (nSPS) is 10.3. The lowest BCUT2D eigenvalue weighted by Crippen LogP contribution is -2.28. The third kappa shape index (κ3) is 6.85. The van der Waals surface area contributed by atoms with E-state index in [1.165, 1.54) is 0 Å². The molecular weight excluding hydrogens is 408 g/mol. The standard InChI is InChI=1S/C25H26N2O5/c1-30-15-14-26-25(29)22-12-5-6-13-23(22)27-24(28)19-8-7-11-21(18-19)32-17-16-31-20-9-3-2-4-10-20/h2-13,18H,14-17H2,1H3,(H,26,29)(H,27,28). The quantitative estimate of drug-likeness (QED) is 0.449. The highest BCUT2D eigenvalue weighted by molar-refractivity contribution is 6.09. The van der Waals surface area contributed by atoms with Crippen LogP contribution >= 0.6 is 0 Å². The van der Waals surface area contributed by atoms with E-state index in [9.17, 15) is 9.59 Å². The van der Waals surface area contributed by atoms with E-state index in [0.717, 1.165) is 5.75 Å². The number of carbonyl (C=O) groups excluding carboxylic acids is 2. The minimum Gasteiger partial charge on any atom is -0.490 e. The second-order valence-electron chi connectivity index (χ2n) is 6.79. The van der Waals surface area contributed by atoms with E-state index >= 15 is 0 Å². The highest BCUT2D eigenvalue weighted by atomic mass is 16.5. The fraction of sp³-hybridized carbons (Fsp3) is 0.200. The van der Waals surface area contributed by atoms with Crippen LogP contribution in [0, 0.1) is 0 Å². The van der Waals surface area contributed by atoms with Crippen LogP contribution in [-0.4, -0.2) is 45.3 Å². The molecule has 0 bridgehead atoms. The van der Waals surface area contributed by atoms with E-state index in [1.54, 1.807) is 55.6 Å². The number of benzene rings is 3. The van der Waals surface area contributed by atoms with Gasteiger partial charge in [0.2, 0.25) is 0 Å². The summed E-state index contributed by atoms with van der Waals surface area (Å²) in [6, 6.07) is 23.2. The van der Waals surface area contributed by atoms with E-state index in [0.29, 0.717) is 48.9 Å². The summed E-state index contributed by atoms with van der Waals surface area (Å²) in [6.45, 7) is 1.50. The van der Waals surface area contributed by atoms with Gasteiger partial charge in [0.1, 0.15) is 24.7 Å². The molecule has 32 heavy (non-hydrogen) atoms. The molecule has 0 radical (unpaired) electrons. The molecule has 2 amide bonds. The highest BCUT2D eigenvalue weighted by Crippen LogP contribution is 2.19. The summed E-state index contributed by atoms with van der Waals surface area (Å²) in [7, 11) is 1.56. The Labute approximate surface area is 187 Å². The third-order valence-electron chi connectivity index (χ3n) is 4.47. The van der Waals surface area contributed by atoms with Crippen LogP contribution in [0.1, 0.15) is 20.7 Å². The molecule has 166 valence electrons. The van der Waals surface area contributed by atoms with Crippen LogP contribution in [0.2, 0.25) is 0 Å². The van der Waals surface area contributed by atoms with E-state index in [4.69, 9.17) is 14.2 Å². The van der Waals surface area contributed by atoms with Gasteiger partial charge in [-0.2, -0.15) is 0 Å². The van der Waals surface area contributed by atoms with Crippen molar-refractivity contribution in [2.45, 2.75) is 0 Å². The van der Waals surface area contributed by atoms with Crippen molar-refractivity contribution in [2.24, 2.45) is 0 Å². The third-order valence-corrected chi connectivity index (χ3v) is 4.47. The average Bonchev–Trinajstić information content (AvgIpc) is 2.83. The summed E-state index contributed by atoms with van der Waals surface area (Å²) in [5, 5.41) is 5.56. The minimum atomic E-state index is -0.340. The van der Waals surface area contributed by atoms with Crippen molar-refractivity contribution in [1.29, 1.82) is 0 Å². The zero-order valence-electron chi connectivity index (χ0n) is 17.9. The molecule has 2 N–H and O–H groups in total. The second-order valence-corrected chi connectivity index (χ2v) is 6.79. The second kappa shape index (κ2) is 12.1. The molecule has 7 nitrogen and oxygen atoms in total. The summed E-state index contributed by atoms with van der Waals surface area (Å²) in [4.78, 5) is 25.2. The Morgan fingerprint density at radius 2 is 1.44 bits per heavy atom. The zero-order chi connectivity index (χ0) is 22.6. The maximum absolute atomic E-state index is 12.8. The average molecular weight is 434 g/mol. The number of rotatable bonds is 11. The van der Waals surface area contributed by atoms with Crippen LogP contribution < -0.4 is 20.1 Å². The number of hydrogen-bond donors (Lipinski definition) is 2. The fourth-order valence-electron chi connectivity index (χ4n) is 2.91. The largest absolute Gasteiger partial charge is 0.490 e. The molecule has 0 saturated heterocycles. The predicted octanol–water partition coefficient (Wildman–Crippen LogP) is 3.77. The van der Waals surface area contributed by atoms with Crippen LogP contribution in [0.4, 0.5) is 5.69 Å². The maximum atomic E-state index is 12.8. The van der Waals surface area contributed by atoms with E-state index < -0.39 is 0 Å². The number of hydrogen-bond acceptors (Lipinski definition) is 5. The maximum Gasteiger partial charge on any atom is 0.255 e. The van der Waals surface area contributed by atoms with Crippen molar-refractivity contribution in [3.63, 3.8) is 0 Å². The summed E-state index contributed by atoms with van der Waals surface area (Å²) in [5.41, 5.74) is 1.22. The Bertz CT molecular complexity index is 1020. The van der Waals surface area contributed by atoms with E-state index in [2.05, 4.69) is 10.6 Å². The molecule has 0 unspecified atom stereocenters. The van der Waals surface area contributed by atoms with Gasteiger partial charge in [-0.05, 0) is 42.5 Å². The first-order chi connectivity index (χ1) is 15.7. The zero-order valence-corrected chi connectivity index (χ0v) is 17.9. The molecule has 0 saturated carbocycles. The van der Waals surface area contributed by atoms with E-state index in [1.807, 2.05) is 30.3 Å². The van der Waals surface area contributed by atoms with Gasteiger partial charge in [0.05, 0.1) is 17.9 Å². The predicted molar refractivity (Wildman–Crippen MR) is 122 cm³/mol. The minimum absolute atomic E-state index is 0.284. The Kier molecular flexibility index (Phi) is 8.65. The van der Waals surface area contributed by atoms with Gasteiger partial charge in [0.25, 0.3) is 11.8 Å². The van der Waals surface area contributed by atoms with Crippen LogP contribution in [0.25, 0.3) is 0 Å². The topological polar surface area (TPSA) is 85.9 Å². The van der Waals surface area contributed by atoms with Gasteiger partial charge in [-0.15, -0.1) is 0 Å². The van der Waals surface area contributed by atoms with Crippen LogP contribution in [0.5, 0.6) is 11.5 Å². The molecule has 0 aliphatic rings. The molecular formula is C25H26N2O5. The van der Waals surface area contributed by atoms with Gasteiger partial charge in [-0.3, -0.25) is 9.59 Å². The van der Waals surface area contributed by atoms with Gasteiger partial charge in [0, 0.05) is 19.2 Å². The van der Waals surface area contributed by atoms with Crippen molar-refractivity contribution >= 4 is 17.5 Å². The smallest absolute Gasteiger partial charge is 0.255 e. The molecule has 0 aromatic heterocycles. The first-order valence-corrected chi connectivity index (χ1v) is 10.3. The number of methoxy groups -OCH3 is 1. The van der Waals surface area contributed by atoms with Crippen molar-refractivity contribution < 1.29 is 23.8 Å². The van der Waals surface area contributed by atoms with Gasteiger partial charge in [-0.1, -0.05) is 36.4 Å². The van der Waals surface area contributed by atoms with Crippen molar-refractivity contribution in [3.8, 4) is 11.5 Å². The Morgan fingerprint density at radius 1 is 0.750 bits per heavy atom. The molecule has 0 aliphatic carbocycles. The van der Waals surface area contributed by atoms with Gasteiger partial charge >= 0.3 is 0 Å². The molecule has 0 fully saturated rings. The van der Waals surface area contributed by atoms with E-state index in [-0.39, 0.29) is 11.8 Å². The molecule has 3 aromatic carbocycles. The van der Waals surface area contributed by atoms with Crippen molar-refractivity contribution in [1.82, 2.24) is 5.32 Å². The highest BCUT2D eigenvalue weighted by Gasteiger charge is 2.14. The monoisotopic (exact) mass is 434 g/mol. The lowest BCUT2D eigenvalue weighted by Gasteiger charge is -2.12. The van der Waals surface area contributed by atoms with Crippen LogP contribution in [0.15, 0.2) is 78.9 Å². The lowest BCUT2D eigenvalue weighted by molar-refractivity contribution is 0.0938. The summed E-state index contributed by atoms with van der Waals surface area (Å²) in [6.07, 6.45) is 0. The number of para-hydroxylation sites is 2. The molecule has 0 atom stereocenters. The summed E-state index contributed by atoms with van der Waals surface area (Å²) >= 11 is 0. The Hall–Kier alpha value is -3.84. The van der Waals surface area contributed by atoms with Crippen LogP contribution in [0.3, 0.4) is 0 Å². The summed E-state index contributed by atoms with van der Waals surface area (Å²) < 4.78 is 16.3. The molecule has 0 spiro atoms. The lowest BCUT2D eigenvalue weighted by atomic mass is 10.1. The van der Waals surface area contributed by atoms with Gasteiger partial charge in [0.15, 0.2) is 0 Å². The van der Waals surface area contributed by atoms with Crippen molar-refractivity contribution in [2.75, 3.05) is 38.8 Å². The van der Waals surface area contributed by atoms with Crippen molar-refractivity contribution in [3.05, 3.63) is 90.0 Å². The molecule has 0 aliphatic heterocycles. The summed E-state index contributed by atoms with van der Waals surface area (Å²) in [5.74, 6) is 0.704. The number of ether oxygens (including phenoxy) is 3. The first kappa shape index (κ1) is 22.8. The van der Waals surface area contributed by atoms with Crippen LogP contribution in [-0.2, 0) is 4.74 Å².